The molecule has 0 rings (SSSR count). The molecule has 0 saturated carbocycles. The Hall–Kier alpha value is 0.313. The van der Waals surface area contributed by atoms with E-state index in [4.69, 9.17) is 8.29 Å². The average molecular weight is 510 g/mol. The van der Waals surface area contributed by atoms with Gasteiger partial charge in [-0.3, -0.25) is 4.79 Å². The van der Waals surface area contributed by atoms with Gasteiger partial charge in [0.1, 0.15) is 0 Å². The van der Waals surface area contributed by atoms with Gasteiger partial charge in [0.05, 0.1) is 0 Å². The van der Waals surface area contributed by atoms with Crippen LogP contribution in [0, 0.1) is 0 Å². The van der Waals surface area contributed by atoms with Crippen LogP contribution in [0.4, 0.5) is 0 Å². The Balaban J connectivity index is 0. The van der Waals surface area contributed by atoms with Crippen molar-refractivity contribution in [3.05, 3.63) is 0 Å². The summed E-state index contributed by atoms with van der Waals surface area (Å²) >= 11 is 0.444. The first-order chi connectivity index (χ1) is 10.8. The molecule has 132 valence electrons. The van der Waals surface area contributed by atoms with Gasteiger partial charge in [-0.05, 0) is 6.42 Å². The molecule has 0 aromatic heterocycles. The normalized spacial score (nSPS) is 10.1. The Morgan fingerprint density at radius 3 is 1.18 bits per heavy atom. The van der Waals surface area contributed by atoms with Gasteiger partial charge in [-0.1, -0.05) is 96.8 Å². The molecule has 4 heteroatoms. The molecule has 0 spiro atoms. The van der Waals surface area contributed by atoms with Crippen molar-refractivity contribution >= 4 is 31.1 Å². The maximum absolute atomic E-state index is 10.3. The Morgan fingerprint density at radius 1 is 0.636 bits per heavy atom. The van der Waals surface area contributed by atoms with E-state index in [1.807, 2.05) is 0 Å². The first-order valence-corrected chi connectivity index (χ1v) is 10.7. The van der Waals surface area contributed by atoms with Crippen LogP contribution in [0.5, 0.6) is 0 Å². The van der Waals surface area contributed by atoms with Crippen molar-refractivity contribution in [2.75, 3.05) is 0 Å². The van der Waals surface area contributed by atoms with Crippen molar-refractivity contribution in [3.63, 3.8) is 0 Å². The van der Waals surface area contributed by atoms with Crippen molar-refractivity contribution in [1.82, 2.24) is 0 Å². The van der Waals surface area contributed by atoms with Crippen molar-refractivity contribution in [2.24, 2.45) is 0 Å². The van der Waals surface area contributed by atoms with Crippen molar-refractivity contribution in [2.45, 2.75) is 110 Å². The van der Waals surface area contributed by atoms with E-state index >= 15 is 0 Å². The third kappa shape index (κ3) is 25.3. The summed E-state index contributed by atoms with van der Waals surface area (Å²) in [5.74, 6) is -0.653. The number of hydrogen-bond acceptors (Lipinski definition) is 2. The molecule has 0 unspecified atom stereocenters. The monoisotopic (exact) mass is 510 g/mol. The Bertz CT molecular complexity index is 211. The summed E-state index contributed by atoms with van der Waals surface area (Å²) in [7, 11) is 0. The zero-order chi connectivity index (χ0) is 16.9. The summed E-state index contributed by atoms with van der Waals surface area (Å²) in [6.07, 6.45) is 20.2. The number of carboxylic acids is 1. The molecule has 0 aromatic carbocycles. The predicted molar refractivity (Wildman–Crippen MR) is 95.2 cm³/mol. The van der Waals surface area contributed by atoms with Gasteiger partial charge in [0, 0.05) is 6.42 Å². The molecular weight excluding hydrogens is 473 g/mol. The van der Waals surface area contributed by atoms with E-state index in [2.05, 4.69) is 6.92 Å². The van der Waals surface area contributed by atoms with Gasteiger partial charge in [-0.25, -0.2) is 0 Å². The first-order valence-electron chi connectivity index (χ1n) is 9.19. The molecule has 0 saturated heterocycles. The number of carbonyl (C=O) groups is 1. The number of unbranched alkanes of at least 4 members (excludes halogenated alkanes) is 14. The molecule has 0 aliphatic heterocycles. The molecule has 0 aliphatic carbocycles. The summed E-state index contributed by atoms with van der Waals surface area (Å²) in [5.41, 5.74) is 0. The molecule has 0 bridgehead atoms. The van der Waals surface area contributed by atoms with Crippen LogP contribution in [-0.2, 0) is 4.79 Å². The molecule has 0 fully saturated rings. The molecule has 0 heterocycles. The van der Waals surface area contributed by atoms with Crippen LogP contribution in [0.15, 0.2) is 0 Å². The van der Waals surface area contributed by atoms with Gasteiger partial charge in [-0.15, -0.1) is 0 Å². The second-order valence-electron chi connectivity index (χ2n) is 6.09. The molecule has 2 radical (unpaired) electrons. The van der Waals surface area contributed by atoms with E-state index in [0.29, 0.717) is 31.6 Å². The number of aliphatic carboxylic acids is 1. The molecule has 2 N–H and O–H groups in total. The van der Waals surface area contributed by atoms with E-state index in [1.165, 1.54) is 83.5 Å². The number of carboxylic acid groups (broad SMARTS) is 1. The van der Waals surface area contributed by atoms with Crippen LogP contribution >= 0.6 is 0 Å². The van der Waals surface area contributed by atoms with Crippen LogP contribution < -0.4 is 0 Å². The summed E-state index contributed by atoms with van der Waals surface area (Å²) in [6, 6.07) is 0. The molecule has 0 amide bonds. The fourth-order valence-electron chi connectivity index (χ4n) is 2.65. The van der Waals surface area contributed by atoms with Gasteiger partial charge in [-0.2, -0.15) is 0 Å². The summed E-state index contributed by atoms with van der Waals surface area (Å²) < 4.78 is 7.11. The molecule has 0 atom stereocenters. The van der Waals surface area contributed by atoms with E-state index in [9.17, 15) is 4.79 Å². The second kappa shape index (κ2) is 23.6. The Kier molecular flexibility index (Phi) is 26.3. The van der Waals surface area contributed by atoms with E-state index < -0.39 is 5.97 Å². The number of hydrogen-bond donors (Lipinski definition) is 2. The summed E-state index contributed by atoms with van der Waals surface area (Å²) in [6.45, 7) is 2.27. The summed E-state index contributed by atoms with van der Waals surface area (Å²) in [5, 5.41) is 8.52. The van der Waals surface area contributed by atoms with Crippen LogP contribution in [0.3, 0.4) is 0 Å². The van der Waals surface area contributed by atoms with Crippen molar-refractivity contribution in [3.8, 4) is 0 Å². The molecule has 0 aromatic rings. The standard InChI is InChI=1S/C18H36O2.Bi.H2O/c1-2-3-4-5-6-7-8-9-10-11-12-13-14-15-16-17-18(19)20;;/h2-17H2,1H3,(H,19,20);;1H2/q;+1;/p-1. The van der Waals surface area contributed by atoms with Crippen LogP contribution in [-0.4, -0.2) is 39.4 Å². The van der Waals surface area contributed by atoms with Gasteiger partial charge >= 0.3 is 34.3 Å². The first kappa shape index (κ1) is 24.6. The fourth-order valence-corrected chi connectivity index (χ4v) is 2.65. The minimum atomic E-state index is -0.653. The quantitative estimate of drug-likeness (QED) is 0.216. The third-order valence-electron chi connectivity index (χ3n) is 3.99. The molecular formula is C18H37BiO3. The van der Waals surface area contributed by atoms with Crippen LogP contribution in [0.25, 0.3) is 0 Å². The molecule has 3 nitrogen and oxygen atoms in total. The van der Waals surface area contributed by atoms with E-state index in [-0.39, 0.29) is 0 Å². The van der Waals surface area contributed by atoms with E-state index in [1.54, 1.807) is 0 Å². The van der Waals surface area contributed by atoms with Gasteiger partial charge < -0.3 is 5.11 Å². The van der Waals surface area contributed by atoms with Crippen LogP contribution in [0.1, 0.15) is 110 Å². The average Bonchev–Trinajstić information content (AvgIpc) is 2.53. The fraction of sp³-hybridized carbons (Fsp3) is 0.944. The minimum absolute atomic E-state index is 0.345. The topological polar surface area (TPSA) is 57.5 Å². The zero-order valence-corrected chi connectivity index (χ0v) is 18.0. The van der Waals surface area contributed by atoms with Crippen LogP contribution in [0.2, 0.25) is 0 Å². The number of rotatable bonds is 16. The summed E-state index contributed by atoms with van der Waals surface area (Å²) in [4.78, 5) is 10.3. The van der Waals surface area contributed by atoms with Gasteiger partial charge in [0.2, 0.25) is 0 Å². The Labute approximate surface area is 153 Å². The SMILES string of the molecule is CCCCCCCCCCCCCCCCCC(=O)O.[OH][Bi]. The zero-order valence-electron chi connectivity index (χ0n) is 14.6. The second-order valence-corrected chi connectivity index (χ2v) is 6.09. The van der Waals surface area contributed by atoms with Crippen molar-refractivity contribution in [1.29, 1.82) is 0 Å². The molecule has 22 heavy (non-hydrogen) atoms. The van der Waals surface area contributed by atoms with Gasteiger partial charge in [0.15, 0.2) is 0 Å². The molecule has 0 aliphatic rings. The maximum atomic E-state index is 10.3. The predicted octanol–water partition coefficient (Wildman–Crippen LogP) is 5.39. The van der Waals surface area contributed by atoms with Crippen molar-refractivity contribution < 1.29 is 13.1 Å². The van der Waals surface area contributed by atoms with E-state index in [0.717, 1.165) is 12.8 Å². The Morgan fingerprint density at radius 2 is 0.909 bits per heavy atom. The third-order valence-corrected chi connectivity index (χ3v) is 3.99. The van der Waals surface area contributed by atoms with Gasteiger partial charge in [0.25, 0.3) is 0 Å².